The molecule has 0 radical (unpaired) electrons. The van der Waals surface area contributed by atoms with Crippen molar-refractivity contribution >= 4 is 17.6 Å². The minimum Gasteiger partial charge on any atom is -0.345 e. The van der Waals surface area contributed by atoms with Crippen LogP contribution in [0.1, 0.15) is 27.7 Å². The third-order valence-corrected chi connectivity index (χ3v) is 1.78. The number of nitrogens with one attached hydrogen (secondary N) is 2. The van der Waals surface area contributed by atoms with Crippen LogP contribution in [0.15, 0.2) is 0 Å². The van der Waals surface area contributed by atoms with Gasteiger partial charge in [0.2, 0.25) is 11.8 Å². The number of hydrogen-bond donors (Lipinski definition) is 2. The normalized spacial score (nSPS) is 14.0. The second-order valence-corrected chi connectivity index (χ2v) is 3.26. The topological polar surface area (TPSA) is 75.3 Å². The van der Waals surface area contributed by atoms with Gasteiger partial charge < -0.3 is 10.6 Å². The molecule has 0 aromatic heterocycles. The van der Waals surface area contributed by atoms with Gasteiger partial charge in [0.25, 0.3) is 0 Å². The molecule has 2 amide bonds. The highest BCUT2D eigenvalue weighted by Gasteiger charge is 2.17. The van der Waals surface area contributed by atoms with E-state index in [2.05, 4.69) is 10.6 Å². The largest absolute Gasteiger partial charge is 0.345 e. The Labute approximate surface area is 83.2 Å². The first kappa shape index (κ1) is 12.6. The molecule has 0 aromatic rings. The molecule has 2 N–H and O–H groups in total. The highest BCUT2D eigenvalue weighted by Crippen LogP contribution is 1.87. The van der Waals surface area contributed by atoms with Crippen molar-refractivity contribution in [3.05, 3.63) is 0 Å². The van der Waals surface area contributed by atoms with E-state index in [1.54, 1.807) is 13.8 Å². The summed E-state index contributed by atoms with van der Waals surface area (Å²) in [5, 5.41) is 4.91. The Bertz CT molecular complexity index is 250. The fraction of sp³-hybridized carbons (Fsp3) is 0.667. The van der Waals surface area contributed by atoms with Crippen molar-refractivity contribution in [3.8, 4) is 0 Å². The lowest BCUT2D eigenvalue weighted by atomic mass is 10.2. The Morgan fingerprint density at radius 1 is 0.929 bits per heavy atom. The summed E-state index contributed by atoms with van der Waals surface area (Å²) in [7, 11) is 0. The van der Waals surface area contributed by atoms with Crippen molar-refractivity contribution in [2.45, 2.75) is 39.8 Å². The first-order valence-electron chi connectivity index (χ1n) is 4.42. The van der Waals surface area contributed by atoms with Gasteiger partial charge in [0.15, 0.2) is 5.78 Å². The number of Topliss-reactive ketones (excluding diaryl/α,β-unsaturated/α-hetero) is 1. The van der Waals surface area contributed by atoms with Crippen LogP contribution in [0.2, 0.25) is 0 Å². The van der Waals surface area contributed by atoms with E-state index in [0.29, 0.717) is 0 Å². The number of carbonyl (C=O) groups is 3. The molecule has 0 aliphatic rings. The maximum atomic E-state index is 11.3. The smallest absolute Gasteiger partial charge is 0.242 e. The van der Waals surface area contributed by atoms with Gasteiger partial charge in [-0.2, -0.15) is 0 Å². The summed E-state index contributed by atoms with van der Waals surface area (Å²) in [5.74, 6) is -0.751. The summed E-state index contributed by atoms with van der Waals surface area (Å²) < 4.78 is 0. The second kappa shape index (κ2) is 5.36. The predicted octanol–water partition coefficient (Wildman–Crippen LogP) is -0.395. The predicted molar refractivity (Wildman–Crippen MR) is 51.6 cm³/mol. The lowest BCUT2D eigenvalue weighted by Crippen LogP contribution is -2.48. The van der Waals surface area contributed by atoms with E-state index in [4.69, 9.17) is 0 Å². The van der Waals surface area contributed by atoms with Gasteiger partial charge in [-0.3, -0.25) is 14.4 Å². The maximum Gasteiger partial charge on any atom is 0.242 e. The van der Waals surface area contributed by atoms with Crippen LogP contribution in [-0.2, 0) is 14.4 Å². The van der Waals surface area contributed by atoms with Crippen molar-refractivity contribution in [1.82, 2.24) is 10.6 Å². The van der Waals surface area contributed by atoms with E-state index in [0.717, 1.165) is 0 Å². The summed E-state index contributed by atoms with van der Waals surface area (Å²) in [6.07, 6.45) is 0. The fourth-order valence-corrected chi connectivity index (χ4v) is 0.810. The van der Waals surface area contributed by atoms with Crippen LogP contribution < -0.4 is 10.6 Å². The van der Waals surface area contributed by atoms with Crippen LogP contribution in [0.5, 0.6) is 0 Å². The van der Waals surface area contributed by atoms with Crippen molar-refractivity contribution in [3.63, 3.8) is 0 Å². The van der Waals surface area contributed by atoms with Gasteiger partial charge in [-0.1, -0.05) is 0 Å². The third-order valence-electron chi connectivity index (χ3n) is 1.78. The molecule has 0 aliphatic heterocycles. The molecule has 0 spiro atoms. The molecule has 5 heteroatoms. The lowest BCUT2D eigenvalue weighted by molar-refractivity contribution is -0.130. The van der Waals surface area contributed by atoms with E-state index in [1.807, 2.05) is 0 Å². The van der Waals surface area contributed by atoms with E-state index >= 15 is 0 Å². The number of carbonyl (C=O) groups excluding carboxylic acids is 3. The molecule has 0 heterocycles. The molecule has 2 unspecified atom stereocenters. The number of hydrogen-bond acceptors (Lipinski definition) is 3. The van der Waals surface area contributed by atoms with Crippen molar-refractivity contribution in [1.29, 1.82) is 0 Å². The maximum absolute atomic E-state index is 11.3. The van der Waals surface area contributed by atoms with E-state index in [-0.39, 0.29) is 17.6 Å². The van der Waals surface area contributed by atoms with Gasteiger partial charge >= 0.3 is 0 Å². The van der Waals surface area contributed by atoms with Gasteiger partial charge in [0, 0.05) is 6.92 Å². The zero-order valence-electron chi connectivity index (χ0n) is 8.88. The SMILES string of the molecule is CC(=O)NC(C)C(=O)NC(C)C(C)=O. The van der Waals surface area contributed by atoms with Crippen LogP contribution in [0, 0.1) is 0 Å². The van der Waals surface area contributed by atoms with Crippen molar-refractivity contribution in [2.24, 2.45) is 0 Å². The Kier molecular flexibility index (Phi) is 4.83. The van der Waals surface area contributed by atoms with Crippen LogP contribution in [0.3, 0.4) is 0 Å². The molecule has 0 fully saturated rings. The highest BCUT2D eigenvalue weighted by molar-refractivity contribution is 5.91. The van der Waals surface area contributed by atoms with Crippen molar-refractivity contribution < 1.29 is 14.4 Å². The second-order valence-electron chi connectivity index (χ2n) is 3.26. The standard InChI is InChI=1S/C9H16N2O3/c1-5(7(3)12)11-9(14)6(2)10-8(4)13/h5-6H,1-4H3,(H,10,13)(H,11,14). The molecule has 0 aliphatic carbocycles. The summed E-state index contributed by atoms with van der Waals surface area (Å²) in [6.45, 7) is 5.89. The average molecular weight is 200 g/mol. The van der Waals surface area contributed by atoms with Gasteiger partial charge in [-0.15, -0.1) is 0 Å². The molecule has 0 saturated heterocycles. The zero-order valence-corrected chi connectivity index (χ0v) is 8.88. The molecule has 14 heavy (non-hydrogen) atoms. The van der Waals surface area contributed by atoms with Crippen LogP contribution in [-0.4, -0.2) is 29.7 Å². The Hall–Kier alpha value is -1.39. The summed E-state index contributed by atoms with van der Waals surface area (Å²) in [6, 6.07) is -1.13. The monoisotopic (exact) mass is 200 g/mol. The van der Waals surface area contributed by atoms with E-state index < -0.39 is 12.1 Å². The first-order valence-corrected chi connectivity index (χ1v) is 4.42. The average Bonchev–Trinajstić information content (AvgIpc) is 2.02. The van der Waals surface area contributed by atoms with Crippen LogP contribution >= 0.6 is 0 Å². The van der Waals surface area contributed by atoms with Crippen molar-refractivity contribution in [2.75, 3.05) is 0 Å². The Morgan fingerprint density at radius 3 is 1.79 bits per heavy atom. The minimum absolute atomic E-state index is 0.117. The molecule has 2 atom stereocenters. The van der Waals surface area contributed by atoms with Crippen LogP contribution in [0.25, 0.3) is 0 Å². The van der Waals surface area contributed by atoms with Gasteiger partial charge in [-0.05, 0) is 20.8 Å². The molecular weight excluding hydrogens is 184 g/mol. The number of ketones is 1. The lowest BCUT2D eigenvalue weighted by Gasteiger charge is -2.15. The molecule has 5 nitrogen and oxygen atoms in total. The zero-order chi connectivity index (χ0) is 11.3. The molecular formula is C9H16N2O3. The molecule has 0 saturated carbocycles. The van der Waals surface area contributed by atoms with Crippen LogP contribution in [0.4, 0.5) is 0 Å². The van der Waals surface area contributed by atoms with Gasteiger partial charge in [-0.25, -0.2) is 0 Å². The first-order chi connectivity index (χ1) is 6.34. The quantitative estimate of drug-likeness (QED) is 0.648. The molecule has 0 bridgehead atoms. The third kappa shape index (κ3) is 4.59. The van der Waals surface area contributed by atoms with E-state index in [1.165, 1.54) is 13.8 Å². The summed E-state index contributed by atoms with van der Waals surface area (Å²) in [5.41, 5.74) is 0. The van der Waals surface area contributed by atoms with Gasteiger partial charge in [0.05, 0.1) is 6.04 Å². The molecule has 0 aromatic carbocycles. The fourth-order valence-electron chi connectivity index (χ4n) is 0.810. The number of rotatable bonds is 4. The summed E-state index contributed by atoms with van der Waals surface area (Å²) >= 11 is 0. The van der Waals surface area contributed by atoms with Gasteiger partial charge in [0.1, 0.15) is 6.04 Å². The number of amides is 2. The molecule has 0 rings (SSSR count). The minimum atomic E-state index is -0.616. The Morgan fingerprint density at radius 2 is 1.43 bits per heavy atom. The highest BCUT2D eigenvalue weighted by atomic mass is 16.2. The molecule has 80 valence electrons. The van der Waals surface area contributed by atoms with E-state index in [9.17, 15) is 14.4 Å². The summed E-state index contributed by atoms with van der Waals surface area (Å²) in [4.78, 5) is 32.8. The Balaban J connectivity index is 4.07.